The van der Waals surface area contributed by atoms with Crippen LogP contribution in [-0.2, 0) is 4.74 Å². The largest absolute Gasteiger partial charge is 0.475 e. The van der Waals surface area contributed by atoms with Crippen molar-refractivity contribution < 1.29 is 9.53 Å². The summed E-state index contributed by atoms with van der Waals surface area (Å²) in [4.78, 5) is 9.60. The molecular formula is C3H5BO2. The number of carbonyl (C=O) groups is 1. The zero-order valence-corrected chi connectivity index (χ0v) is 3.60. The maximum absolute atomic E-state index is 9.60. The first-order chi connectivity index (χ1) is 2.77. The summed E-state index contributed by atoms with van der Waals surface area (Å²) in [5.41, 5.74) is 0. The summed E-state index contributed by atoms with van der Waals surface area (Å²) in [5.74, 6) is -0.711. The maximum atomic E-state index is 9.60. The van der Waals surface area contributed by atoms with E-state index in [0.29, 0.717) is 6.61 Å². The van der Waals surface area contributed by atoms with Crippen LogP contribution in [0.1, 0.15) is 6.92 Å². The minimum atomic E-state index is -0.711. The zero-order chi connectivity index (χ0) is 4.99. The quantitative estimate of drug-likeness (QED) is 0.427. The van der Waals surface area contributed by atoms with Gasteiger partial charge in [-0.3, -0.25) is 4.79 Å². The molecule has 0 spiro atoms. The van der Waals surface area contributed by atoms with Gasteiger partial charge in [-0.2, -0.15) is 0 Å². The SMILES string of the molecule is [B]C(=O)OCC. The fraction of sp³-hybridized carbons (Fsp3) is 0.667. The molecular weight excluding hydrogens is 78.8 g/mol. The molecule has 0 rings (SSSR count). The Hall–Kier alpha value is -0.465. The fourth-order valence-corrected chi connectivity index (χ4v) is 0.142. The summed E-state index contributed by atoms with van der Waals surface area (Å²) >= 11 is 0. The Bertz CT molecular complexity index is 52.8. The molecule has 6 heavy (non-hydrogen) atoms. The minimum Gasteiger partial charge on any atom is -0.475 e. The van der Waals surface area contributed by atoms with Crippen molar-refractivity contribution in [3.63, 3.8) is 0 Å². The van der Waals surface area contributed by atoms with Crippen LogP contribution in [0, 0.1) is 0 Å². The van der Waals surface area contributed by atoms with Crippen LogP contribution in [0.3, 0.4) is 0 Å². The minimum absolute atomic E-state index is 0.356. The highest BCUT2D eigenvalue weighted by Crippen LogP contribution is 1.69. The van der Waals surface area contributed by atoms with Gasteiger partial charge in [0.25, 0.3) is 0 Å². The van der Waals surface area contributed by atoms with E-state index in [1.807, 2.05) is 0 Å². The third-order valence-corrected chi connectivity index (χ3v) is 0.287. The van der Waals surface area contributed by atoms with Gasteiger partial charge in [-0.1, -0.05) is 0 Å². The van der Waals surface area contributed by atoms with Gasteiger partial charge in [0.1, 0.15) is 0 Å². The lowest BCUT2D eigenvalue weighted by atomic mass is 10.2. The van der Waals surface area contributed by atoms with Gasteiger partial charge in [0, 0.05) is 0 Å². The molecule has 0 aliphatic heterocycles. The molecule has 0 aromatic heterocycles. The van der Waals surface area contributed by atoms with E-state index in [-0.39, 0.29) is 0 Å². The molecule has 0 amide bonds. The monoisotopic (exact) mass is 84.0 g/mol. The topological polar surface area (TPSA) is 26.3 Å². The number of hydrogen-bond donors (Lipinski definition) is 0. The lowest BCUT2D eigenvalue weighted by Gasteiger charge is -1.90. The van der Waals surface area contributed by atoms with Crippen molar-refractivity contribution in [3.05, 3.63) is 0 Å². The predicted molar refractivity (Wildman–Crippen MR) is 22.8 cm³/mol. The van der Waals surface area contributed by atoms with E-state index in [2.05, 4.69) is 12.6 Å². The summed E-state index contributed by atoms with van der Waals surface area (Å²) in [6, 6.07) is 0. The van der Waals surface area contributed by atoms with Crippen molar-refractivity contribution in [3.8, 4) is 0 Å². The molecule has 0 fully saturated rings. The maximum Gasteiger partial charge on any atom is 0.235 e. The first-order valence-electron chi connectivity index (χ1n) is 1.69. The molecule has 0 aliphatic rings. The highest BCUT2D eigenvalue weighted by Gasteiger charge is 1.81. The Morgan fingerprint density at radius 1 is 2.00 bits per heavy atom. The van der Waals surface area contributed by atoms with Gasteiger partial charge in [0.15, 0.2) is 0 Å². The van der Waals surface area contributed by atoms with Crippen LogP contribution < -0.4 is 0 Å². The van der Waals surface area contributed by atoms with E-state index < -0.39 is 5.87 Å². The van der Waals surface area contributed by atoms with Gasteiger partial charge in [0.2, 0.25) is 13.7 Å². The molecule has 0 heterocycles. The Morgan fingerprint density at radius 2 is 2.50 bits per heavy atom. The molecule has 0 saturated carbocycles. The van der Waals surface area contributed by atoms with Crippen molar-refractivity contribution in [1.82, 2.24) is 0 Å². The molecule has 0 N–H and O–H groups in total. The molecule has 0 saturated heterocycles. The Balaban J connectivity index is 2.83. The third kappa shape index (κ3) is 3.53. The molecule has 2 nitrogen and oxygen atoms in total. The Labute approximate surface area is 37.9 Å². The molecule has 0 aliphatic carbocycles. The van der Waals surface area contributed by atoms with Crippen molar-refractivity contribution >= 4 is 13.7 Å². The second-order valence-corrected chi connectivity index (χ2v) is 0.752. The second-order valence-electron chi connectivity index (χ2n) is 0.752. The molecule has 0 aromatic carbocycles. The first kappa shape index (κ1) is 5.53. The summed E-state index contributed by atoms with van der Waals surface area (Å²) in [6.07, 6.45) is 0. The van der Waals surface area contributed by atoms with E-state index in [1.54, 1.807) is 6.92 Å². The summed E-state index contributed by atoms with van der Waals surface area (Å²) in [6.45, 7) is 2.06. The summed E-state index contributed by atoms with van der Waals surface area (Å²) in [5, 5.41) is 0. The fourth-order valence-electron chi connectivity index (χ4n) is 0.142. The average molecular weight is 83.9 g/mol. The smallest absolute Gasteiger partial charge is 0.235 e. The highest BCUT2D eigenvalue weighted by molar-refractivity contribution is 6.55. The van der Waals surface area contributed by atoms with E-state index in [9.17, 15) is 4.79 Å². The molecule has 3 heteroatoms. The van der Waals surface area contributed by atoms with Gasteiger partial charge in [0.05, 0.1) is 6.61 Å². The third-order valence-electron chi connectivity index (χ3n) is 0.287. The van der Waals surface area contributed by atoms with E-state index in [1.165, 1.54) is 0 Å². The van der Waals surface area contributed by atoms with E-state index >= 15 is 0 Å². The molecule has 0 aromatic rings. The van der Waals surface area contributed by atoms with Crippen LogP contribution in [0.2, 0.25) is 0 Å². The van der Waals surface area contributed by atoms with E-state index in [0.717, 1.165) is 0 Å². The highest BCUT2D eigenvalue weighted by atomic mass is 16.5. The van der Waals surface area contributed by atoms with Gasteiger partial charge in [-0.25, -0.2) is 0 Å². The van der Waals surface area contributed by atoms with Gasteiger partial charge in [-0.05, 0) is 6.92 Å². The molecule has 2 radical (unpaired) electrons. The van der Waals surface area contributed by atoms with Gasteiger partial charge >= 0.3 is 0 Å². The predicted octanol–water partition coefficient (Wildman–Crippen LogP) is 0.311. The lowest BCUT2D eigenvalue weighted by Crippen LogP contribution is -1.98. The number of ether oxygens (including phenoxy) is 1. The molecule has 0 unspecified atom stereocenters. The summed E-state index contributed by atoms with van der Waals surface area (Å²) < 4.78 is 4.18. The number of hydrogen-bond acceptors (Lipinski definition) is 2. The Kier molecular flexibility index (Phi) is 2.54. The lowest BCUT2D eigenvalue weighted by molar-refractivity contribution is 0.179. The molecule has 0 bridgehead atoms. The van der Waals surface area contributed by atoms with Crippen LogP contribution in [0.25, 0.3) is 0 Å². The van der Waals surface area contributed by atoms with Crippen LogP contribution in [0.15, 0.2) is 0 Å². The van der Waals surface area contributed by atoms with E-state index in [4.69, 9.17) is 0 Å². The average Bonchev–Trinajstić information content (AvgIpc) is 1.35. The number of rotatable bonds is 1. The van der Waals surface area contributed by atoms with Crippen LogP contribution in [0.5, 0.6) is 0 Å². The summed E-state index contributed by atoms with van der Waals surface area (Å²) in [7, 11) is 4.54. The molecule has 32 valence electrons. The molecule has 0 atom stereocenters. The van der Waals surface area contributed by atoms with Crippen LogP contribution >= 0.6 is 0 Å². The Morgan fingerprint density at radius 3 is 2.50 bits per heavy atom. The first-order valence-corrected chi connectivity index (χ1v) is 1.69. The normalized spacial score (nSPS) is 7.50. The van der Waals surface area contributed by atoms with Crippen molar-refractivity contribution in [1.29, 1.82) is 0 Å². The van der Waals surface area contributed by atoms with Gasteiger partial charge in [-0.15, -0.1) is 0 Å². The van der Waals surface area contributed by atoms with Crippen molar-refractivity contribution in [2.24, 2.45) is 0 Å². The second kappa shape index (κ2) is 2.76. The standard InChI is InChI=1S/C3H5BO2/c1-2-6-3(4)5/h2H2,1H3. The van der Waals surface area contributed by atoms with Crippen LogP contribution in [0.4, 0.5) is 4.79 Å². The zero-order valence-electron chi connectivity index (χ0n) is 3.60. The van der Waals surface area contributed by atoms with Crippen LogP contribution in [-0.4, -0.2) is 20.3 Å². The number of carbonyl (C=O) groups excluding carboxylic acids is 1. The van der Waals surface area contributed by atoms with Gasteiger partial charge < -0.3 is 4.74 Å². The van der Waals surface area contributed by atoms with Crippen molar-refractivity contribution in [2.45, 2.75) is 6.92 Å². The van der Waals surface area contributed by atoms with Crippen molar-refractivity contribution in [2.75, 3.05) is 6.61 Å².